The molecule has 138 valence electrons. The Balaban J connectivity index is 1.84. The van der Waals surface area contributed by atoms with E-state index >= 15 is 0 Å². The third kappa shape index (κ3) is 5.88. The van der Waals surface area contributed by atoms with Gasteiger partial charge in [-0.2, -0.15) is 0 Å². The summed E-state index contributed by atoms with van der Waals surface area (Å²) in [6.45, 7) is 11.2. The summed E-state index contributed by atoms with van der Waals surface area (Å²) in [7, 11) is 0. The summed E-state index contributed by atoms with van der Waals surface area (Å²) in [5.74, 6) is 1.75. The van der Waals surface area contributed by atoms with Crippen molar-refractivity contribution in [3.05, 3.63) is 18.5 Å². The average molecular weight is 347 g/mol. The van der Waals surface area contributed by atoms with E-state index in [2.05, 4.69) is 42.3 Å². The van der Waals surface area contributed by atoms with Crippen molar-refractivity contribution in [1.82, 2.24) is 25.5 Å². The van der Waals surface area contributed by atoms with Crippen LogP contribution in [0.3, 0.4) is 0 Å². The van der Waals surface area contributed by atoms with Crippen molar-refractivity contribution in [1.29, 1.82) is 0 Å². The van der Waals surface area contributed by atoms with Gasteiger partial charge in [-0.15, -0.1) is 0 Å². The van der Waals surface area contributed by atoms with Gasteiger partial charge in [-0.25, -0.2) is 9.97 Å². The van der Waals surface area contributed by atoms with E-state index in [1.54, 1.807) is 12.4 Å². The van der Waals surface area contributed by atoms with Crippen LogP contribution < -0.4 is 15.5 Å². The minimum absolute atomic E-state index is 0.00509. The summed E-state index contributed by atoms with van der Waals surface area (Å²) in [5, 5.41) is 6.23. The van der Waals surface area contributed by atoms with Gasteiger partial charge in [-0.1, -0.05) is 13.8 Å². The molecule has 1 amide bonds. The molecular weight excluding hydrogens is 318 g/mol. The van der Waals surface area contributed by atoms with Gasteiger partial charge in [0.05, 0.1) is 6.54 Å². The minimum Gasteiger partial charge on any atom is -0.357 e. The standard InChI is InChI=1S/C17H29N7O/c1-4-18-16(22-9-8-19-15(25)14(2)3)23-10-12-24(13-11-23)17-20-6-5-7-21-17/h5-7,14H,4,8-13H2,1-3H3,(H,18,22)(H,19,25). The Bertz CT molecular complexity index is 553. The van der Waals surface area contributed by atoms with Crippen LogP contribution in [0.2, 0.25) is 0 Å². The molecule has 1 fully saturated rings. The van der Waals surface area contributed by atoms with Gasteiger partial charge in [0, 0.05) is 57.6 Å². The maximum atomic E-state index is 11.6. The summed E-state index contributed by atoms with van der Waals surface area (Å²) >= 11 is 0. The molecule has 0 aliphatic carbocycles. The Morgan fingerprint density at radius 2 is 1.88 bits per heavy atom. The quantitative estimate of drug-likeness (QED) is 0.438. The van der Waals surface area contributed by atoms with E-state index in [0.29, 0.717) is 13.1 Å². The normalized spacial score (nSPS) is 15.4. The number of carbonyl (C=O) groups is 1. The number of aliphatic imine (C=N–C) groups is 1. The monoisotopic (exact) mass is 347 g/mol. The Kier molecular flexibility index (Phi) is 7.43. The van der Waals surface area contributed by atoms with E-state index in [4.69, 9.17) is 0 Å². The van der Waals surface area contributed by atoms with E-state index in [0.717, 1.165) is 44.6 Å². The zero-order chi connectivity index (χ0) is 18.1. The zero-order valence-corrected chi connectivity index (χ0v) is 15.4. The lowest BCUT2D eigenvalue weighted by Crippen LogP contribution is -2.53. The first-order chi connectivity index (χ1) is 12.1. The second kappa shape index (κ2) is 9.80. The third-order valence-corrected chi connectivity index (χ3v) is 3.95. The van der Waals surface area contributed by atoms with Crippen molar-refractivity contribution in [3.8, 4) is 0 Å². The van der Waals surface area contributed by atoms with Crippen molar-refractivity contribution in [2.75, 3.05) is 50.7 Å². The highest BCUT2D eigenvalue weighted by Crippen LogP contribution is 2.09. The van der Waals surface area contributed by atoms with Crippen LogP contribution in [0.5, 0.6) is 0 Å². The van der Waals surface area contributed by atoms with Crippen molar-refractivity contribution in [2.24, 2.45) is 10.9 Å². The first kappa shape index (κ1) is 19.0. The van der Waals surface area contributed by atoms with Gasteiger partial charge in [0.1, 0.15) is 0 Å². The van der Waals surface area contributed by atoms with Crippen LogP contribution in [-0.2, 0) is 4.79 Å². The molecule has 1 aliphatic rings. The summed E-state index contributed by atoms with van der Waals surface area (Å²) in [4.78, 5) is 29.3. The fourth-order valence-corrected chi connectivity index (χ4v) is 2.54. The molecule has 1 aliphatic heterocycles. The van der Waals surface area contributed by atoms with Crippen molar-refractivity contribution in [2.45, 2.75) is 20.8 Å². The SMILES string of the molecule is CCNC(=NCCNC(=O)C(C)C)N1CCN(c2ncccn2)CC1. The predicted molar refractivity (Wildman–Crippen MR) is 99.6 cm³/mol. The van der Waals surface area contributed by atoms with E-state index in [-0.39, 0.29) is 11.8 Å². The Morgan fingerprint density at radius 3 is 2.48 bits per heavy atom. The van der Waals surface area contributed by atoms with Gasteiger partial charge in [0.15, 0.2) is 5.96 Å². The highest BCUT2D eigenvalue weighted by Gasteiger charge is 2.20. The van der Waals surface area contributed by atoms with E-state index in [1.807, 2.05) is 19.9 Å². The van der Waals surface area contributed by atoms with E-state index < -0.39 is 0 Å². The number of hydrogen-bond donors (Lipinski definition) is 2. The molecule has 0 spiro atoms. The average Bonchev–Trinajstić information content (AvgIpc) is 2.65. The number of aromatic nitrogens is 2. The molecule has 1 aromatic rings. The van der Waals surface area contributed by atoms with Crippen LogP contribution in [0.25, 0.3) is 0 Å². The highest BCUT2D eigenvalue weighted by molar-refractivity contribution is 5.80. The number of piperazine rings is 1. The van der Waals surface area contributed by atoms with Gasteiger partial charge in [-0.3, -0.25) is 9.79 Å². The first-order valence-electron chi connectivity index (χ1n) is 8.94. The molecule has 2 heterocycles. The van der Waals surface area contributed by atoms with Gasteiger partial charge >= 0.3 is 0 Å². The molecular formula is C17H29N7O. The number of hydrogen-bond acceptors (Lipinski definition) is 5. The van der Waals surface area contributed by atoms with E-state index in [9.17, 15) is 4.79 Å². The molecule has 2 rings (SSSR count). The summed E-state index contributed by atoms with van der Waals surface area (Å²) < 4.78 is 0. The molecule has 0 saturated carbocycles. The van der Waals surface area contributed by atoms with Gasteiger partial charge < -0.3 is 20.4 Å². The molecule has 0 bridgehead atoms. The number of guanidine groups is 1. The molecule has 8 nitrogen and oxygen atoms in total. The number of anilines is 1. The topological polar surface area (TPSA) is 85.8 Å². The number of nitrogens with zero attached hydrogens (tertiary/aromatic N) is 5. The number of carbonyl (C=O) groups excluding carboxylic acids is 1. The number of amides is 1. The van der Waals surface area contributed by atoms with Gasteiger partial charge in [-0.05, 0) is 13.0 Å². The number of nitrogens with one attached hydrogen (secondary N) is 2. The van der Waals surface area contributed by atoms with Crippen LogP contribution in [0.1, 0.15) is 20.8 Å². The van der Waals surface area contributed by atoms with Crippen LogP contribution in [0.15, 0.2) is 23.5 Å². The summed E-state index contributed by atoms with van der Waals surface area (Å²) in [6, 6.07) is 1.83. The van der Waals surface area contributed by atoms with Crippen molar-refractivity contribution >= 4 is 17.8 Å². The van der Waals surface area contributed by atoms with Crippen LogP contribution in [0.4, 0.5) is 5.95 Å². The molecule has 0 atom stereocenters. The predicted octanol–water partition coefficient (Wildman–Crippen LogP) is 0.336. The Hall–Kier alpha value is -2.38. The molecule has 2 N–H and O–H groups in total. The molecule has 1 saturated heterocycles. The van der Waals surface area contributed by atoms with Gasteiger partial charge in [0.2, 0.25) is 11.9 Å². The second-order valence-electron chi connectivity index (χ2n) is 6.20. The fourth-order valence-electron chi connectivity index (χ4n) is 2.54. The van der Waals surface area contributed by atoms with Crippen molar-refractivity contribution < 1.29 is 4.79 Å². The van der Waals surface area contributed by atoms with E-state index in [1.165, 1.54) is 0 Å². The molecule has 8 heteroatoms. The molecule has 0 unspecified atom stereocenters. The fraction of sp³-hybridized carbons (Fsp3) is 0.647. The maximum absolute atomic E-state index is 11.6. The summed E-state index contributed by atoms with van der Waals surface area (Å²) in [6.07, 6.45) is 3.54. The minimum atomic E-state index is 0.00509. The number of rotatable bonds is 6. The molecule has 0 radical (unpaired) electrons. The second-order valence-corrected chi connectivity index (χ2v) is 6.20. The highest BCUT2D eigenvalue weighted by atomic mass is 16.1. The lowest BCUT2D eigenvalue weighted by molar-refractivity contribution is -0.123. The third-order valence-electron chi connectivity index (χ3n) is 3.95. The lowest BCUT2D eigenvalue weighted by Gasteiger charge is -2.36. The first-order valence-corrected chi connectivity index (χ1v) is 8.94. The van der Waals surface area contributed by atoms with Gasteiger partial charge in [0.25, 0.3) is 0 Å². The maximum Gasteiger partial charge on any atom is 0.225 e. The Morgan fingerprint density at radius 1 is 1.20 bits per heavy atom. The molecule has 0 aromatic carbocycles. The zero-order valence-electron chi connectivity index (χ0n) is 15.4. The summed E-state index contributed by atoms with van der Waals surface area (Å²) in [5.41, 5.74) is 0. The molecule has 25 heavy (non-hydrogen) atoms. The molecule has 1 aromatic heterocycles. The largest absolute Gasteiger partial charge is 0.357 e. The van der Waals surface area contributed by atoms with Crippen LogP contribution in [0, 0.1) is 5.92 Å². The van der Waals surface area contributed by atoms with Crippen LogP contribution >= 0.6 is 0 Å². The Labute approximate surface area is 149 Å². The van der Waals surface area contributed by atoms with Crippen LogP contribution in [-0.4, -0.2) is 72.5 Å². The lowest BCUT2D eigenvalue weighted by atomic mass is 10.2. The smallest absolute Gasteiger partial charge is 0.225 e. The van der Waals surface area contributed by atoms with Crippen molar-refractivity contribution in [3.63, 3.8) is 0 Å².